The molecule has 1 aromatic carbocycles. The van der Waals surface area contributed by atoms with Crippen molar-refractivity contribution in [3.8, 4) is 0 Å². The molecule has 0 fully saturated rings. The maximum absolute atomic E-state index is 12.6. The Kier molecular flexibility index (Phi) is 4.77. The van der Waals surface area contributed by atoms with Crippen molar-refractivity contribution in [3.63, 3.8) is 0 Å². The van der Waals surface area contributed by atoms with Crippen molar-refractivity contribution in [1.82, 2.24) is 0 Å². The van der Waals surface area contributed by atoms with Crippen LogP contribution in [0.2, 0.25) is 0 Å². The van der Waals surface area contributed by atoms with Crippen molar-refractivity contribution < 1.29 is 18.0 Å². The fourth-order valence-corrected chi connectivity index (χ4v) is 2.09. The molecule has 0 aliphatic heterocycles. The smallest absolute Gasteiger partial charge is 0.293 e. The van der Waals surface area contributed by atoms with Crippen molar-refractivity contribution in [2.75, 3.05) is 0 Å². The quantitative estimate of drug-likeness (QED) is 0.560. The van der Waals surface area contributed by atoms with E-state index in [0.717, 1.165) is 6.07 Å². The van der Waals surface area contributed by atoms with Gasteiger partial charge in [-0.3, -0.25) is 4.79 Å². The second-order valence-electron chi connectivity index (χ2n) is 3.48. The Bertz CT molecular complexity index is 427. The minimum absolute atomic E-state index is 0.0552. The lowest BCUT2D eigenvalue weighted by Crippen LogP contribution is -2.13. The Morgan fingerprint density at radius 3 is 2.41 bits per heavy atom. The van der Waals surface area contributed by atoms with E-state index in [9.17, 15) is 18.0 Å². The van der Waals surface area contributed by atoms with Crippen LogP contribution in [0.4, 0.5) is 13.2 Å². The molecule has 17 heavy (non-hydrogen) atoms. The number of benzene rings is 1. The number of rotatable bonds is 3. The number of hydrogen-bond donors (Lipinski definition) is 0. The third kappa shape index (κ3) is 3.55. The molecule has 6 heteroatoms. The van der Waals surface area contributed by atoms with Crippen LogP contribution < -0.4 is 0 Å². The van der Waals surface area contributed by atoms with E-state index in [4.69, 9.17) is 0 Å². The van der Waals surface area contributed by atoms with Crippen LogP contribution in [0.15, 0.2) is 18.2 Å². The standard InChI is InChI=1S/C11H9Br2F3O/c1-6(13)10(17)7-2-3-9(11(14,15)16)8(4-7)5-12/h2-4,6H,5H2,1H3. The van der Waals surface area contributed by atoms with Gasteiger partial charge in [-0.2, -0.15) is 13.2 Å². The summed E-state index contributed by atoms with van der Waals surface area (Å²) in [6.07, 6.45) is -4.40. The van der Waals surface area contributed by atoms with Crippen molar-refractivity contribution >= 4 is 37.6 Å². The largest absolute Gasteiger partial charge is 0.416 e. The van der Waals surface area contributed by atoms with Crippen LogP contribution in [0.3, 0.4) is 0 Å². The molecule has 0 N–H and O–H groups in total. The molecule has 1 unspecified atom stereocenters. The summed E-state index contributed by atoms with van der Waals surface area (Å²) in [5.74, 6) is -0.235. The molecule has 1 atom stereocenters. The molecule has 0 spiro atoms. The van der Waals surface area contributed by atoms with Gasteiger partial charge in [0.1, 0.15) is 0 Å². The van der Waals surface area contributed by atoms with Crippen LogP contribution in [0.5, 0.6) is 0 Å². The number of carbonyl (C=O) groups is 1. The second-order valence-corrected chi connectivity index (χ2v) is 5.42. The Balaban J connectivity index is 3.23. The van der Waals surface area contributed by atoms with Gasteiger partial charge < -0.3 is 0 Å². The summed E-state index contributed by atoms with van der Waals surface area (Å²) in [5.41, 5.74) is -0.374. The maximum Gasteiger partial charge on any atom is 0.416 e. The molecule has 0 saturated carbocycles. The van der Waals surface area contributed by atoms with Crippen molar-refractivity contribution in [2.24, 2.45) is 0 Å². The van der Waals surface area contributed by atoms with Crippen LogP contribution >= 0.6 is 31.9 Å². The molecule has 0 amide bonds. The van der Waals surface area contributed by atoms with Gasteiger partial charge in [0.25, 0.3) is 0 Å². The summed E-state index contributed by atoms with van der Waals surface area (Å²) in [7, 11) is 0. The van der Waals surface area contributed by atoms with Crippen LogP contribution in [-0.4, -0.2) is 10.6 Å². The number of Topliss-reactive ketones (excluding diaryl/α,β-unsaturated/α-hetero) is 1. The van der Waals surface area contributed by atoms with Crippen LogP contribution in [0, 0.1) is 0 Å². The van der Waals surface area contributed by atoms with Gasteiger partial charge in [-0.15, -0.1) is 0 Å². The van der Waals surface area contributed by atoms with E-state index in [1.165, 1.54) is 12.1 Å². The molecular formula is C11H9Br2F3O. The highest BCUT2D eigenvalue weighted by Gasteiger charge is 2.33. The maximum atomic E-state index is 12.6. The van der Waals surface area contributed by atoms with Crippen molar-refractivity contribution in [3.05, 3.63) is 34.9 Å². The number of hydrogen-bond acceptors (Lipinski definition) is 1. The lowest BCUT2D eigenvalue weighted by atomic mass is 10.0. The van der Waals surface area contributed by atoms with Crippen LogP contribution in [-0.2, 0) is 11.5 Å². The molecular weight excluding hydrogens is 365 g/mol. The highest BCUT2D eigenvalue weighted by molar-refractivity contribution is 9.10. The predicted octanol–water partition coefficient (Wildman–Crippen LogP) is 4.57. The molecule has 0 aromatic heterocycles. The summed E-state index contributed by atoms with van der Waals surface area (Å²) >= 11 is 6.10. The van der Waals surface area contributed by atoms with E-state index >= 15 is 0 Å². The molecule has 1 aromatic rings. The zero-order chi connectivity index (χ0) is 13.2. The monoisotopic (exact) mass is 372 g/mol. The van der Waals surface area contributed by atoms with E-state index in [2.05, 4.69) is 31.9 Å². The first-order valence-electron chi connectivity index (χ1n) is 4.71. The van der Waals surface area contributed by atoms with Gasteiger partial charge in [-0.05, 0) is 24.6 Å². The van der Waals surface area contributed by atoms with Gasteiger partial charge in [0.15, 0.2) is 5.78 Å². The zero-order valence-corrected chi connectivity index (χ0v) is 12.0. The summed E-state index contributed by atoms with van der Waals surface area (Å²) < 4.78 is 37.8. The summed E-state index contributed by atoms with van der Waals surface area (Å²) in [5, 5.41) is 0.0552. The topological polar surface area (TPSA) is 17.1 Å². The predicted molar refractivity (Wildman–Crippen MR) is 66.8 cm³/mol. The van der Waals surface area contributed by atoms with E-state index in [1.54, 1.807) is 6.92 Å². The van der Waals surface area contributed by atoms with Gasteiger partial charge in [0.05, 0.1) is 10.4 Å². The van der Waals surface area contributed by atoms with E-state index < -0.39 is 16.6 Å². The number of alkyl halides is 5. The summed E-state index contributed by atoms with van der Waals surface area (Å²) in [6.45, 7) is 1.63. The molecule has 0 radical (unpaired) electrons. The van der Waals surface area contributed by atoms with Gasteiger partial charge in [-0.25, -0.2) is 0 Å². The van der Waals surface area contributed by atoms with Crippen molar-refractivity contribution in [1.29, 1.82) is 0 Å². The fraction of sp³-hybridized carbons (Fsp3) is 0.364. The number of carbonyl (C=O) groups excluding carboxylic acids is 1. The van der Waals surface area contributed by atoms with Gasteiger partial charge >= 0.3 is 6.18 Å². The zero-order valence-electron chi connectivity index (χ0n) is 8.81. The Morgan fingerprint density at radius 2 is 2.00 bits per heavy atom. The van der Waals surface area contributed by atoms with Crippen LogP contribution in [0.1, 0.15) is 28.4 Å². The fourth-order valence-electron chi connectivity index (χ4n) is 1.36. The average Bonchev–Trinajstić information content (AvgIpc) is 2.25. The first kappa shape index (κ1) is 14.7. The Labute approximate surface area is 114 Å². The molecule has 1 rings (SSSR count). The molecule has 1 nitrogen and oxygen atoms in total. The van der Waals surface area contributed by atoms with E-state index in [-0.39, 0.29) is 22.2 Å². The second kappa shape index (κ2) is 5.52. The first-order chi connectivity index (χ1) is 7.77. The van der Waals surface area contributed by atoms with Gasteiger partial charge in [0.2, 0.25) is 0 Å². The lowest BCUT2D eigenvalue weighted by molar-refractivity contribution is -0.138. The molecule has 0 aliphatic rings. The SMILES string of the molecule is CC(Br)C(=O)c1ccc(C(F)(F)F)c(CBr)c1. The van der Waals surface area contributed by atoms with Gasteiger partial charge in [0, 0.05) is 10.9 Å². The highest BCUT2D eigenvalue weighted by Crippen LogP contribution is 2.33. The molecule has 0 bridgehead atoms. The normalized spacial score (nSPS) is 13.5. The number of ketones is 1. The van der Waals surface area contributed by atoms with Crippen LogP contribution in [0.25, 0.3) is 0 Å². The number of halogens is 5. The molecule has 0 heterocycles. The highest BCUT2D eigenvalue weighted by atomic mass is 79.9. The Hall–Kier alpha value is -0.360. The minimum Gasteiger partial charge on any atom is -0.293 e. The minimum atomic E-state index is -4.40. The van der Waals surface area contributed by atoms with Crippen molar-refractivity contribution in [2.45, 2.75) is 23.3 Å². The summed E-state index contributed by atoms with van der Waals surface area (Å²) in [6, 6.07) is 3.42. The summed E-state index contributed by atoms with van der Waals surface area (Å²) in [4.78, 5) is 11.2. The lowest BCUT2D eigenvalue weighted by Gasteiger charge is -2.13. The third-order valence-electron chi connectivity index (χ3n) is 2.20. The Morgan fingerprint density at radius 1 is 1.41 bits per heavy atom. The molecule has 94 valence electrons. The molecule has 0 aliphatic carbocycles. The molecule has 0 saturated heterocycles. The average molecular weight is 374 g/mol. The third-order valence-corrected chi connectivity index (χ3v) is 3.22. The first-order valence-corrected chi connectivity index (χ1v) is 6.75. The van der Waals surface area contributed by atoms with Gasteiger partial charge in [-0.1, -0.05) is 37.9 Å². The van der Waals surface area contributed by atoms with E-state index in [1.807, 2.05) is 0 Å². The van der Waals surface area contributed by atoms with E-state index in [0.29, 0.717) is 0 Å².